The van der Waals surface area contributed by atoms with Gasteiger partial charge in [0.2, 0.25) is 0 Å². The van der Waals surface area contributed by atoms with Gasteiger partial charge >= 0.3 is 0 Å². The van der Waals surface area contributed by atoms with Crippen LogP contribution in [0.5, 0.6) is 0 Å². The smallest absolute Gasteiger partial charge is 0.0779 e. The third-order valence-corrected chi connectivity index (χ3v) is 4.48. The summed E-state index contributed by atoms with van der Waals surface area (Å²) in [5.41, 5.74) is 2.01. The molecule has 0 saturated heterocycles. The second-order valence-corrected chi connectivity index (χ2v) is 5.70. The summed E-state index contributed by atoms with van der Waals surface area (Å²) in [4.78, 5) is 1.31. The predicted molar refractivity (Wildman–Crippen MR) is 75.6 cm³/mol. The van der Waals surface area contributed by atoms with Crippen LogP contribution in [0, 0.1) is 0 Å². The molecule has 0 saturated carbocycles. The Labute approximate surface area is 114 Å². The number of hydrogen-bond donors (Lipinski definition) is 2. The summed E-state index contributed by atoms with van der Waals surface area (Å²) in [6.45, 7) is 0.853. The number of benzene rings is 1. The summed E-state index contributed by atoms with van der Waals surface area (Å²) in [5.74, 6) is 0. The van der Waals surface area contributed by atoms with Crippen molar-refractivity contribution in [1.82, 2.24) is 0 Å². The number of fused-ring (bicyclic) bond motifs is 1. The van der Waals surface area contributed by atoms with Gasteiger partial charge in [-0.1, -0.05) is 29.3 Å². The van der Waals surface area contributed by atoms with Gasteiger partial charge in [-0.25, -0.2) is 0 Å². The third-order valence-electron chi connectivity index (χ3n) is 2.77. The predicted octanol–water partition coefficient (Wildman–Crippen LogP) is 4.63. The first-order valence-corrected chi connectivity index (χ1v) is 6.90. The molecule has 3 rings (SSSR count). The van der Waals surface area contributed by atoms with Crippen molar-refractivity contribution < 1.29 is 0 Å². The molecule has 1 aliphatic heterocycles. The lowest BCUT2D eigenvalue weighted by atomic mass is 10.1. The van der Waals surface area contributed by atoms with Crippen molar-refractivity contribution in [1.29, 1.82) is 0 Å². The second kappa shape index (κ2) is 4.41. The first-order valence-electron chi connectivity index (χ1n) is 5.27. The van der Waals surface area contributed by atoms with Gasteiger partial charge in [-0.05, 0) is 23.6 Å². The second-order valence-electron chi connectivity index (χ2n) is 3.91. The first-order chi connectivity index (χ1) is 8.24. The van der Waals surface area contributed by atoms with Gasteiger partial charge < -0.3 is 10.6 Å². The van der Waals surface area contributed by atoms with Crippen LogP contribution in [0.3, 0.4) is 0 Å². The van der Waals surface area contributed by atoms with Crippen LogP contribution < -0.4 is 10.6 Å². The Morgan fingerprint density at radius 3 is 2.65 bits per heavy atom. The maximum absolute atomic E-state index is 6.02. The maximum Gasteiger partial charge on any atom is 0.0779 e. The number of nitrogens with one attached hydrogen (secondary N) is 2. The molecule has 1 aliphatic rings. The van der Waals surface area contributed by atoms with Crippen LogP contribution >= 0.6 is 34.5 Å². The van der Waals surface area contributed by atoms with E-state index in [9.17, 15) is 0 Å². The Morgan fingerprint density at radius 2 is 1.94 bits per heavy atom. The minimum Gasteiger partial charge on any atom is -0.381 e. The molecule has 0 bridgehead atoms. The molecule has 1 aromatic heterocycles. The molecule has 2 N–H and O–H groups in total. The zero-order valence-corrected chi connectivity index (χ0v) is 11.2. The molecule has 1 unspecified atom stereocenters. The summed E-state index contributed by atoms with van der Waals surface area (Å²) >= 11 is 13.8. The number of anilines is 2. The zero-order chi connectivity index (χ0) is 11.8. The standard InChI is InChI=1S/C12H10Cl2N2S/c13-7-4-9-10(5-8(7)14)16-11(6-15-9)12-2-1-3-17-12/h1-5,11,15-16H,6H2. The lowest BCUT2D eigenvalue weighted by Gasteiger charge is -2.28. The fraction of sp³-hybridized carbons (Fsp3) is 0.167. The molecule has 17 heavy (non-hydrogen) atoms. The quantitative estimate of drug-likeness (QED) is 0.798. The van der Waals surface area contributed by atoms with Crippen LogP contribution in [0.25, 0.3) is 0 Å². The van der Waals surface area contributed by atoms with Crippen molar-refractivity contribution in [2.75, 3.05) is 17.2 Å². The van der Waals surface area contributed by atoms with Crippen LogP contribution in [0.1, 0.15) is 10.9 Å². The van der Waals surface area contributed by atoms with E-state index in [4.69, 9.17) is 23.2 Å². The number of rotatable bonds is 1. The number of thiophene rings is 1. The molecule has 0 fully saturated rings. The largest absolute Gasteiger partial charge is 0.381 e. The molecule has 0 amide bonds. The Morgan fingerprint density at radius 1 is 1.18 bits per heavy atom. The fourth-order valence-electron chi connectivity index (χ4n) is 1.92. The van der Waals surface area contributed by atoms with Crippen molar-refractivity contribution in [2.45, 2.75) is 6.04 Å². The lowest BCUT2D eigenvalue weighted by Crippen LogP contribution is -2.25. The average Bonchev–Trinajstić information content (AvgIpc) is 2.83. The Bertz CT molecular complexity index is 540. The monoisotopic (exact) mass is 284 g/mol. The summed E-state index contributed by atoms with van der Waals surface area (Å²) in [6, 6.07) is 8.21. The van der Waals surface area contributed by atoms with Crippen LogP contribution in [0.4, 0.5) is 11.4 Å². The van der Waals surface area contributed by atoms with Gasteiger partial charge in [0.05, 0.1) is 27.5 Å². The molecular weight excluding hydrogens is 275 g/mol. The topological polar surface area (TPSA) is 24.1 Å². The summed E-state index contributed by atoms with van der Waals surface area (Å²) in [7, 11) is 0. The van der Waals surface area contributed by atoms with Gasteiger partial charge in [0.25, 0.3) is 0 Å². The van der Waals surface area contributed by atoms with Crippen molar-refractivity contribution in [3.8, 4) is 0 Å². The van der Waals surface area contributed by atoms with Gasteiger partial charge in [0.15, 0.2) is 0 Å². The molecule has 2 aromatic rings. The van der Waals surface area contributed by atoms with Crippen LogP contribution in [0.2, 0.25) is 10.0 Å². The Hall–Kier alpha value is -0.900. The molecule has 2 heterocycles. The third kappa shape index (κ3) is 2.10. The number of halogens is 2. The van der Waals surface area contributed by atoms with Gasteiger partial charge in [-0.3, -0.25) is 0 Å². The first kappa shape index (κ1) is 11.2. The van der Waals surface area contributed by atoms with Gasteiger partial charge in [-0.15, -0.1) is 11.3 Å². The minimum absolute atomic E-state index is 0.291. The molecule has 1 aromatic carbocycles. The summed E-state index contributed by atoms with van der Waals surface area (Å²) in [6.07, 6.45) is 0. The van der Waals surface area contributed by atoms with E-state index in [2.05, 4.69) is 28.1 Å². The molecule has 5 heteroatoms. The van der Waals surface area contributed by atoms with Crippen LogP contribution in [-0.4, -0.2) is 6.54 Å². The molecule has 2 nitrogen and oxygen atoms in total. The van der Waals surface area contributed by atoms with E-state index in [1.165, 1.54) is 4.88 Å². The minimum atomic E-state index is 0.291. The number of hydrogen-bond acceptors (Lipinski definition) is 3. The normalized spacial score (nSPS) is 18.1. The molecule has 0 aliphatic carbocycles. The average molecular weight is 285 g/mol. The maximum atomic E-state index is 6.02. The van der Waals surface area contributed by atoms with E-state index in [1.807, 2.05) is 12.1 Å². The Balaban J connectivity index is 1.93. The van der Waals surface area contributed by atoms with Crippen molar-refractivity contribution in [2.24, 2.45) is 0 Å². The Kier molecular flexibility index (Phi) is 2.90. The zero-order valence-electron chi connectivity index (χ0n) is 8.84. The highest BCUT2D eigenvalue weighted by atomic mass is 35.5. The fourth-order valence-corrected chi connectivity index (χ4v) is 3.03. The van der Waals surface area contributed by atoms with Gasteiger partial charge in [0.1, 0.15) is 0 Å². The van der Waals surface area contributed by atoms with Crippen molar-refractivity contribution in [3.63, 3.8) is 0 Å². The van der Waals surface area contributed by atoms with Crippen LogP contribution in [0.15, 0.2) is 29.6 Å². The highest BCUT2D eigenvalue weighted by molar-refractivity contribution is 7.10. The molecular formula is C12H10Cl2N2S. The van der Waals surface area contributed by atoms with Crippen LogP contribution in [-0.2, 0) is 0 Å². The van der Waals surface area contributed by atoms with Gasteiger partial charge in [-0.2, -0.15) is 0 Å². The lowest BCUT2D eigenvalue weighted by molar-refractivity contribution is 0.820. The highest BCUT2D eigenvalue weighted by Crippen LogP contribution is 2.38. The van der Waals surface area contributed by atoms with E-state index >= 15 is 0 Å². The van der Waals surface area contributed by atoms with E-state index < -0.39 is 0 Å². The van der Waals surface area contributed by atoms with E-state index in [0.717, 1.165) is 17.9 Å². The summed E-state index contributed by atoms with van der Waals surface area (Å²) in [5, 5.41) is 10.1. The van der Waals surface area contributed by atoms with Crippen molar-refractivity contribution in [3.05, 3.63) is 44.6 Å². The van der Waals surface area contributed by atoms with Gasteiger partial charge in [0, 0.05) is 11.4 Å². The van der Waals surface area contributed by atoms with E-state index in [1.54, 1.807) is 11.3 Å². The SMILES string of the molecule is Clc1cc2c(cc1Cl)NC(c1cccs1)CN2. The molecule has 1 atom stereocenters. The summed E-state index contributed by atoms with van der Waals surface area (Å²) < 4.78 is 0. The molecule has 88 valence electrons. The van der Waals surface area contributed by atoms with E-state index in [0.29, 0.717) is 16.1 Å². The molecule has 0 radical (unpaired) electrons. The highest BCUT2D eigenvalue weighted by Gasteiger charge is 2.20. The van der Waals surface area contributed by atoms with Crippen molar-refractivity contribution >= 4 is 45.9 Å². The van der Waals surface area contributed by atoms with E-state index in [-0.39, 0.29) is 0 Å². The molecule has 0 spiro atoms.